The molecule has 1 atom stereocenters. The molecule has 3 rings (SSSR count). The van der Waals surface area contributed by atoms with Crippen LogP contribution in [0.4, 0.5) is 0 Å². The molecule has 1 saturated heterocycles. The minimum atomic E-state index is -0.909. The fourth-order valence-corrected chi connectivity index (χ4v) is 2.57. The number of aromatic carboxylic acids is 1. The lowest BCUT2D eigenvalue weighted by atomic mass is 10.0. The van der Waals surface area contributed by atoms with Crippen molar-refractivity contribution in [3.63, 3.8) is 0 Å². The number of hydrogen-bond donors (Lipinski definition) is 2. The van der Waals surface area contributed by atoms with E-state index >= 15 is 0 Å². The molecule has 0 bridgehead atoms. The highest BCUT2D eigenvalue weighted by Gasteiger charge is 2.16. The van der Waals surface area contributed by atoms with Gasteiger partial charge in [-0.05, 0) is 49.2 Å². The Hall–Kier alpha value is -2.20. The molecule has 1 aliphatic heterocycles. The maximum atomic E-state index is 10.9. The van der Waals surface area contributed by atoms with E-state index in [0.717, 1.165) is 24.2 Å². The number of aromatic nitrogens is 1. The summed E-state index contributed by atoms with van der Waals surface area (Å²) < 4.78 is 0. The van der Waals surface area contributed by atoms with Crippen LogP contribution in [0.5, 0.6) is 0 Å². The van der Waals surface area contributed by atoms with Crippen molar-refractivity contribution in [3.8, 4) is 11.3 Å². The molecule has 1 fully saturated rings. The molecule has 4 nitrogen and oxygen atoms in total. The van der Waals surface area contributed by atoms with Gasteiger partial charge in [0.15, 0.2) is 0 Å². The largest absolute Gasteiger partial charge is 0.478 e. The molecule has 0 amide bonds. The monoisotopic (exact) mass is 268 g/mol. The lowest BCUT2D eigenvalue weighted by Crippen LogP contribution is -2.12. The van der Waals surface area contributed by atoms with Gasteiger partial charge < -0.3 is 10.4 Å². The fourth-order valence-electron chi connectivity index (χ4n) is 2.57. The fraction of sp³-hybridized carbons (Fsp3) is 0.250. The van der Waals surface area contributed by atoms with Gasteiger partial charge in [-0.3, -0.25) is 4.98 Å². The van der Waals surface area contributed by atoms with Gasteiger partial charge in [-0.1, -0.05) is 12.1 Å². The minimum Gasteiger partial charge on any atom is -0.478 e. The van der Waals surface area contributed by atoms with E-state index in [-0.39, 0.29) is 0 Å². The van der Waals surface area contributed by atoms with Crippen LogP contribution in [0.25, 0.3) is 11.3 Å². The van der Waals surface area contributed by atoms with Crippen molar-refractivity contribution in [2.24, 2.45) is 0 Å². The summed E-state index contributed by atoms with van der Waals surface area (Å²) >= 11 is 0. The van der Waals surface area contributed by atoms with Gasteiger partial charge in [0.05, 0.1) is 11.3 Å². The number of hydrogen-bond acceptors (Lipinski definition) is 3. The molecule has 2 N–H and O–H groups in total. The normalized spacial score (nSPS) is 18.1. The summed E-state index contributed by atoms with van der Waals surface area (Å²) in [5.74, 6) is -0.909. The third-order valence-electron chi connectivity index (χ3n) is 3.67. The van der Waals surface area contributed by atoms with Crippen LogP contribution in [0.1, 0.15) is 34.8 Å². The van der Waals surface area contributed by atoms with Gasteiger partial charge >= 0.3 is 5.97 Å². The third kappa shape index (κ3) is 2.56. The molecule has 1 aromatic carbocycles. The zero-order chi connectivity index (χ0) is 13.9. The van der Waals surface area contributed by atoms with Crippen molar-refractivity contribution >= 4 is 5.97 Å². The Labute approximate surface area is 117 Å². The zero-order valence-corrected chi connectivity index (χ0v) is 11.0. The Morgan fingerprint density at radius 3 is 2.70 bits per heavy atom. The molecular weight excluding hydrogens is 252 g/mol. The maximum absolute atomic E-state index is 10.9. The van der Waals surface area contributed by atoms with Crippen LogP contribution in [-0.4, -0.2) is 22.6 Å². The number of nitrogens with zero attached hydrogens (tertiary/aromatic N) is 1. The molecule has 2 heterocycles. The Balaban J connectivity index is 1.89. The van der Waals surface area contributed by atoms with Gasteiger partial charge in [-0.25, -0.2) is 4.79 Å². The van der Waals surface area contributed by atoms with Crippen LogP contribution >= 0.6 is 0 Å². The number of nitrogens with one attached hydrogen (secondary N) is 1. The smallest absolute Gasteiger partial charge is 0.335 e. The second kappa shape index (κ2) is 5.43. The van der Waals surface area contributed by atoms with E-state index < -0.39 is 5.97 Å². The standard InChI is InChI=1S/C16H16N2O2/c19-16(20)12-5-3-11(4-6-12)15-10-13(7-9-18-15)14-2-1-8-17-14/h3-7,9-10,14,17H,1-2,8H2,(H,19,20)/t14-/m0/s1. The van der Waals surface area contributed by atoms with Crippen molar-refractivity contribution in [1.29, 1.82) is 0 Å². The number of carbonyl (C=O) groups is 1. The maximum Gasteiger partial charge on any atom is 0.335 e. The van der Waals surface area contributed by atoms with Crippen LogP contribution < -0.4 is 5.32 Å². The molecule has 1 aliphatic rings. The van der Waals surface area contributed by atoms with Gasteiger partial charge in [0.25, 0.3) is 0 Å². The van der Waals surface area contributed by atoms with Gasteiger partial charge in [0.2, 0.25) is 0 Å². The molecule has 1 aromatic heterocycles. The highest BCUT2D eigenvalue weighted by molar-refractivity contribution is 5.88. The van der Waals surface area contributed by atoms with Crippen molar-refractivity contribution in [3.05, 3.63) is 53.7 Å². The number of rotatable bonds is 3. The first-order valence-electron chi connectivity index (χ1n) is 6.77. The van der Waals surface area contributed by atoms with Gasteiger partial charge in [-0.15, -0.1) is 0 Å². The Bertz CT molecular complexity index is 617. The van der Waals surface area contributed by atoms with Crippen molar-refractivity contribution in [2.45, 2.75) is 18.9 Å². The van der Waals surface area contributed by atoms with E-state index in [4.69, 9.17) is 5.11 Å². The van der Waals surface area contributed by atoms with Gasteiger partial charge in [0, 0.05) is 17.8 Å². The second-order valence-corrected chi connectivity index (χ2v) is 5.01. The first-order valence-corrected chi connectivity index (χ1v) is 6.77. The molecule has 2 aromatic rings. The van der Waals surface area contributed by atoms with Crippen LogP contribution in [-0.2, 0) is 0 Å². The van der Waals surface area contributed by atoms with Gasteiger partial charge in [-0.2, -0.15) is 0 Å². The number of benzene rings is 1. The molecule has 0 aliphatic carbocycles. The molecular formula is C16H16N2O2. The van der Waals surface area contributed by atoms with Crippen LogP contribution in [0.3, 0.4) is 0 Å². The predicted molar refractivity (Wildman–Crippen MR) is 76.6 cm³/mol. The third-order valence-corrected chi connectivity index (χ3v) is 3.67. The van der Waals surface area contributed by atoms with Crippen LogP contribution in [0.15, 0.2) is 42.6 Å². The van der Waals surface area contributed by atoms with E-state index in [9.17, 15) is 4.79 Å². The Kier molecular flexibility index (Phi) is 3.48. The average molecular weight is 268 g/mol. The van der Waals surface area contributed by atoms with E-state index in [1.54, 1.807) is 24.3 Å². The first-order chi connectivity index (χ1) is 9.74. The Morgan fingerprint density at radius 1 is 1.25 bits per heavy atom. The zero-order valence-electron chi connectivity index (χ0n) is 11.0. The van der Waals surface area contributed by atoms with Crippen molar-refractivity contribution < 1.29 is 9.90 Å². The highest BCUT2D eigenvalue weighted by atomic mass is 16.4. The molecule has 0 spiro atoms. The quantitative estimate of drug-likeness (QED) is 0.898. The SMILES string of the molecule is O=C(O)c1ccc(-c2cc([C@@H]3CCCN3)ccn2)cc1. The number of pyridine rings is 1. The van der Waals surface area contributed by atoms with E-state index in [1.165, 1.54) is 12.0 Å². The molecule has 4 heteroatoms. The van der Waals surface area contributed by atoms with Crippen molar-refractivity contribution in [2.75, 3.05) is 6.54 Å². The first kappa shape index (κ1) is 12.8. The molecule has 0 unspecified atom stereocenters. The van der Waals surface area contributed by atoms with E-state index in [1.807, 2.05) is 12.3 Å². The minimum absolute atomic E-state index is 0.294. The summed E-state index contributed by atoms with van der Waals surface area (Å²) in [6.45, 7) is 1.07. The summed E-state index contributed by atoms with van der Waals surface area (Å²) in [6.07, 6.45) is 4.17. The lowest BCUT2D eigenvalue weighted by Gasteiger charge is -2.11. The summed E-state index contributed by atoms with van der Waals surface area (Å²) in [6, 6.07) is 11.4. The average Bonchev–Trinajstić information content (AvgIpc) is 3.02. The van der Waals surface area contributed by atoms with Gasteiger partial charge in [0.1, 0.15) is 0 Å². The topological polar surface area (TPSA) is 62.2 Å². The molecule has 0 saturated carbocycles. The predicted octanol–water partition coefficient (Wildman–Crippen LogP) is 2.87. The van der Waals surface area contributed by atoms with E-state index in [0.29, 0.717) is 11.6 Å². The summed E-state index contributed by atoms with van der Waals surface area (Å²) in [7, 11) is 0. The number of carboxylic acids is 1. The molecule has 0 radical (unpaired) electrons. The lowest BCUT2D eigenvalue weighted by molar-refractivity contribution is 0.0697. The highest BCUT2D eigenvalue weighted by Crippen LogP contribution is 2.26. The summed E-state index contributed by atoms with van der Waals surface area (Å²) in [4.78, 5) is 15.2. The molecule has 102 valence electrons. The van der Waals surface area contributed by atoms with Crippen LogP contribution in [0, 0.1) is 0 Å². The van der Waals surface area contributed by atoms with E-state index in [2.05, 4.69) is 16.4 Å². The summed E-state index contributed by atoms with van der Waals surface area (Å²) in [5, 5.41) is 12.4. The molecule has 20 heavy (non-hydrogen) atoms. The summed E-state index contributed by atoms with van der Waals surface area (Å²) in [5.41, 5.74) is 3.36. The van der Waals surface area contributed by atoms with Crippen LogP contribution in [0.2, 0.25) is 0 Å². The Morgan fingerprint density at radius 2 is 2.05 bits per heavy atom. The number of carboxylic acid groups (broad SMARTS) is 1. The van der Waals surface area contributed by atoms with Crippen molar-refractivity contribution in [1.82, 2.24) is 10.3 Å². The second-order valence-electron chi connectivity index (χ2n) is 5.01.